The van der Waals surface area contributed by atoms with Crippen molar-refractivity contribution in [1.82, 2.24) is 39.7 Å². The molecular weight excluding hydrogens is 1050 g/mol. The van der Waals surface area contributed by atoms with E-state index in [0.29, 0.717) is 61.9 Å². The number of ketones is 1. The number of amides is 2. The van der Waals surface area contributed by atoms with Gasteiger partial charge in [0.1, 0.15) is 29.4 Å². The minimum absolute atomic E-state index is 0.00919. The Balaban J connectivity index is 0.692. The molecule has 3 aromatic heterocycles. The number of likely N-dealkylation sites (tertiary alicyclic amines) is 2. The number of halogens is 3. The van der Waals surface area contributed by atoms with E-state index in [9.17, 15) is 32.3 Å². The summed E-state index contributed by atoms with van der Waals surface area (Å²) in [6.07, 6.45) is 2.56. The van der Waals surface area contributed by atoms with Crippen LogP contribution in [0.1, 0.15) is 73.6 Å². The standard InChI is InChI=1S/C56H64F3N9O8S2/c1-33(60-24-35-8-10-37(11-9-35)52-34(2)63-32-77-52)47-23-40(69)28-68(47)55(72)53(56(3,4)5)64-48(70)31-66-29-42(30-66)76-21-7-6-20-75-41-14-12-36(13-15-41)38-22-43-44(26-62-54(43)61-25-38)51(71)49-45(58)16-17-46(50(49)59)65-78(73,74)67-19-18-39(57)27-67/h8-17,22,25-26,32,39-40,42,47,53,60,65,69H,1,6-7,18-21,23-24,27-31H2,2-5H3,(H,61,62)(H,64,70)/t39-,40-,47+,53-/m1/s1. The van der Waals surface area contributed by atoms with Gasteiger partial charge in [0.15, 0.2) is 5.82 Å². The number of pyridine rings is 1. The molecule has 3 fully saturated rings. The number of aliphatic hydroxyl groups excluding tert-OH is 1. The molecule has 5 N–H and O–H groups in total. The first-order valence-corrected chi connectivity index (χ1v) is 28.2. The molecule has 17 nitrogen and oxygen atoms in total. The van der Waals surface area contributed by atoms with Crippen molar-refractivity contribution >= 4 is 55.9 Å². The average Bonchev–Trinajstić information content (AvgIpc) is 4.30. The fraction of sp³-hybridized carbons (Fsp3) is 0.411. The van der Waals surface area contributed by atoms with Gasteiger partial charge in [0.05, 0.1) is 58.7 Å². The number of H-pyrrole nitrogens is 1. The third kappa shape index (κ3) is 12.9. The topological polar surface area (TPSA) is 211 Å². The molecule has 3 aliphatic heterocycles. The zero-order valence-corrected chi connectivity index (χ0v) is 45.5. The van der Waals surface area contributed by atoms with Crippen LogP contribution in [0.4, 0.5) is 18.9 Å². The first-order chi connectivity index (χ1) is 37.2. The number of nitrogens with one attached hydrogen (secondary N) is 4. The molecule has 78 heavy (non-hydrogen) atoms. The van der Waals surface area contributed by atoms with Crippen LogP contribution in [0.25, 0.3) is 32.6 Å². The average molecular weight is 1110 g/mol. The number of carbonyl (C=O) groups is 3. The van der Waals surface area contributed by atoms with Crippen LogP contribution in [-0.2, 0) is 31.1 Å². The van der Waals surface area contributed by atoms with Crippen molar-refractivity contribution < 1.29 is 50.6 Å². The maximum atomic E-state index is 15.7. The normalized spacial score (nSPS) is 18.7. The molecule has 22 heteroatoms. The molecule has 9 rings (SSSR count). The van der Waals surface area contributed by atoms with E-state index in [1.807, 2.05) is 67.1 Å². The molecule has 0 saturated carbocycles. The summed E-state index contributed by atoms with van der Waals surface area (Å²) in [4.78, 5) is 57.7. The molecule has 4 atom stereocenters. The molecule has 2 amide bonds. The van der Waals surface area contributed by atoms with Crippen LogP contribution in [-0.4, -0.2) is 143 Å². The van der Waals surface area contributed by atoms with Gasteiger partial charge in [0.2, 0.25) is 17.6 Å². The smallest absolute Gasteiger partial charge is 0.301 e. The number of fused-ring (bicyclic) bond motifs is 1. The molecular formula is C56H64F3N9O8S2. The van der Waals surface area contributed by atoms with Crippen LogP contribution < -0.4 is 20.1 Å². The number of ether oxygens (including phenoxy) is 2. The molecule has 6 heterocycles. The van der Waals surface area contributed by atoms with Crippen LogP contribution in [0, 0.1) is 24.0 Å². The highest BCUT2D eigenvalue weighted by atomic mass is 32.2. The number of aryl methyl sites for hydroxylation is 1. The zero-order chi connectivity index (χ0) is 55.5. The fourth-order valence-electron chi connectivity index (χ4n) is 9.88. The SMILES string of the molecule is C=C(NCc1ccc(-c2scnc2C)cc1)[C@@H]1C[C@@H](O)CN1C(=O)[C@@H](NC(=O)CN1CC(OCCCCOc2ccc(-c3cnc4[nH]cc(C(=O)c5c(F)ccc(NS(=O)(=O)N6CC[C@@H](F)C6)c5F)c4c3)cc2)C1)C(C)(C)C. The second-order valence-corrected chi connectivity index (χ2v) is 23.7. The lowest BCUT2D eigenvalue weighted by atomic mass is 9.85. The Morgan fingerprint density at radius 2 is 1.69 bits per heavy atom. The number of benzene rings is 3. The predicted molar refractivity (Wildman–Crippen MR) is 292 cm³/mol. The van der Waals surface area contributed by atoms with Gasteiger partial charge in [-0.25, -0.2) is 23.1 Å². The van der Waals surface area contributed by atoms with Crippen molar-refractivity contribution in [3.63, 3.8) is 0 Å². The molecule has 3 aliphatic rings. The Labute approximate surface area is 455 Å². The van der Waals surface area contributed by atoms with Gasteiger partial charge in [0, 0.05) is 86.9 Å². The fourth-order valence-corrected chi connectivity index (χ4v) is 12.0. The molecule has 0 aliphatic carbocycles. The Morgan fingerprint density at radius 1 is 0.962 bits per heavy atom. The molecule has 0 unspecified atom stereocenters. The number of aliphatic hydroxyl groups is 1. The Kier molecular flexibility index (Phi) is 17.0. The zero-order valence-electron chi connectivity index (χ0n) is 43.9. The minimum Gasteiger partial charge on any atom is -0.494 e. The Hall–Kier alpha value is -6.69. The van der Waals surface area contributed by atoms with Gasteiger partial charge in [-0.05, 0) is 78.6 Å². The van der Waals surface area contributed by atoms with Gasteiger partial charge in [-0.1, -0.05) is 63.7 Å². The highest BCUT2D eigenvalue weighted by molar-refractivity contribution is 7.90. The number of aromatic amines is 1. The molecule has 6 aromatic rings. The second-order valence-electron chi connectivity index (χ2n) is 21.2. The second kappa shape index (κ2) is 23.7. The van der Waals surface area contributed by atoms with Crippen LogP contribution in [0.2, 0.25) is 0 Å². The number of hydrogen-bond acceptors (Lipinski definition) is 13. The third-order valence-corrected chi connectivity index (χ3v) is 16.7. The van der Waals surface area contributed by atoms with Gasteiger partial charge >= 0.3 is 10.2 Å². The van der Waals surface area contributed by atoms with E-state index in [-0.39, 0.29) is 54.9 Å². The van der Waals surface area contributed by atoms with Crippen LogP contribution >= 0.6 is 11.3 Å². The summed E-state index contributed by atoms with van der Waals surface area (Å²) in [5.74, 6) is -3.54. The Bertz CT molecular complexity index is 3270. The first kappa shape index (κ1) is 56.0. The summed E-state index contributed by atoms with van der Waals surface area (Å²) in [5, 5.41) is 17.4. The summed E-state index contributed by atoms with van der Waals surface area (Å²) in [6, 6.07) is 17.5. The van der Waals surface area contributed by atoms with Crippen LogP contribution in [0.15, 0.2) is 96.9 Å². The summed E-state index contributed by atoms with van der Waals surface area (Å²) in [5.41, 5.74) is 4.93. The first-order valence-electron chi connectivity index (χ1n) is 25.9. The summed E-state index contributed by atoms with van der Waals surface area (Å²) < 4.78 is 85.1. The number of anilines is 1. The van der Waals surface area contributed by atoms with Crippen molar-refractivity contribution in [2.45, 2.75) is 90.4 Å². The maximum Gasteiger partial charge on any atom is 0.301 e. The highest BCUT2D eigenvalue weighted by Crippen LogP contribution is 2.33. The number of aromatic nitrogens is 3. The van der Waals surface area contributed by atoms with Crippen molar-refractivity contribution in [1.29, 1.82) is 0 Å². The summed E-state index contributed by atoms with van der Waals surface area (Å²) in [6.45, 7) is 14.3. The quantitative estimate of drug-likeness (QED) is 0.0330. The van der Waals surface area contributed by atoms with E-state index >= 15 is 8.78 Å². The number of carbonyl (C=O) groups excluding carboxylic acids is 3. The third-order valence-electron chi connectivity index (χ3n) is 14.3. The molecule has 0 radical (unpaired) electrons. The van der Waals surface area contributed by atoms with Crippen molar-refractivity contribution in [3.05, 3.63) is 131 Å². The van der Waals surface area contributed by atoms with E-state index in [0.717, 1.165) is 56.5 Å². The van der Waals surface area contributed by atoms with E-state index in [1.165, 1.54) is 6.20 Å². The summed E-state index contributed by atoms with van der Waals surface area (Å²) in [7, 11) is -4.37. The number of rotatable bonds is 22. The minimum atomic E-state index is -4.37. The van der Waals surface area contributed by atoms with Gasteiger partial charge in [-0.2, -0.15) is 12.7 Å². The number of unbranched alkanes of at least 4 members (excludes halogenated alkanes) is 1. The van der Waals surface area contributed by atoms with Gasteiger partial charge in [-0.15, -0.1) is 11.3 Å². The van der Waals surface area contributed by atoms with Gasteiger partial charge in [0.25, 0.3) is 0 Å². The molecule has 3 aromatic carbocycles. The van der Waals surface area contributed by atoms with Crippen molar-refractivity contribution in [3.8, 4) is 27.3 Å². The predicted octanol–water partition coefficient (Wildman–Crippen LogP) is 7.53. The van der Waals surface area contributed by atoms with E-state index < -0.39 is 75.2 Å². The van der Waals surface area contributed by atoms with Crippen LogP contribution in [0.3, 0.4) is 0 Å². The summed E-state index contributed by atoms with van der Waals surface area (Å²) >= 11 is 1.60. The Morgan fingerprint density at radius 3 is 2.38 bits per heavy atom. The largest absolute Gasteiger partial charge is 0.494 e. The number of nitrogens with zero attached hydrogens (tertiary/aromatic N) is 5. The highest BCUT2D eigenvalue weighted by Gasteiger charge is 2.43. The molecule has 0 bridgehead atoms. The number of hydrogen-bond donors (Lipinski definition) is 5. The lowest BCUT2D eigenvalue weighted by Crippen LogP contribution is -2.60. The van der Waals surface area contributed by atoms with E-state index in [2.05, 4.69) is 44.3 Å². The van der Waals surface area contributed by atoms with Gasteiger partial charge < -0.3 is 35.1 Å². The van der Waals surface area contributed by atoms with E-state index in [4.69, 9.17) is 9.47 Å². The van der Waals surface area contributed by atoms with Gasteiger partial charge in [-0.3, -0.25) is 24.0 Å². The van der Waals surface area contributed by atoms with Crippen LogP contribution in [0.5, 0.6) is 5.75 Å². The van der Waals surface area contributed by atoms with E-state index in [1.54, 1.807) is 40.6 Å². The molecule has 0 spiro atoms. The lowest BCUT2D eigenvalue weighted by molar-refractivity contribution is -0.141. The number of alkyl halides is 1. The lowest BCUT2D eigenvalue weighted by Gasteiger charge is -2.40. The maximum absolute atomic E-state index is 15.7. The monoisotopic (exact) mass is 1110 g/mol. The number of β-amino-alcohol motifs (C(OH)–C–C–N with tert-alkyl or cyclic N) is 1. The van der Waals surface area contributed by atoms with Crippen molar-refractivity contribution in [2.24, 2.45) is 5.41 Å². The molecule has 414 valence electrons. The number of thiazole rings is 1. The van der Waals surface area contributed by atoms with Crippen molar-refractivity contribution in [2.75, 3.05) is 57.2 Å². The molecule has 3 saturated heterocycles.